The van der Waals surface area contributed by atoms with Crippen LogP contribution in [0.3, 0.4) is 0 Å². The van der Waals surface area contributed by atoms with Gasteiger partial charge in [0.15, 0.2) is 11.5 Å². The molecule has 0 amide bonds. The third-order valence-corrected chi connectivity index (χ3v) is 4.04. The second-order valence-corrected chi connectivity index (χ2v) is 5.38. The van der Waals surface area contributed by atoms with Crippen molar-refractivity contribution in [1.82, 2.24) is 0 Å². The lowest BCUT2D eigenvalue weighted by Gasteiger charge is -2.13. The lowest BCUT2D eigenvalue weighted by molar-refractivity contribution is 0.371. The normalized spacial score (nSPS) is 12.4. The molecular formula is C12H12BrNO2S. The number of phenols is 1. The molecule has 0 radical (unpaired) electrons. The number of phenolic OH excluding ortho intramolecular Hbond substituents is 1. The first-order valence-corrected chi connectivity index (χ1v) is 6.66. The fraction of sp³-hybridized carbons (Fsp3) is 0.167. The molecule has 3 nitrogen and oxygen atoms in total. The Balaban J connectivity index is 2.43. The average molecular weight is 314 g/mol. The molecule has 0 aliphatic rings. The number of hydrogen-bond acceptors (Lipinski definition) is 4. The van der Waals surface area contributed by atoms with Gasteiger partial charge >= 0.3 is 0 Å². The number of thiophene rings is 1. The van der Waals surface area contributed by atoms with Gasteiger partial charge in [0.2, 0.25) is 0 Å². The van der Waals surface area contributed by atoms with Crippen LogP contribution in [0.2, 0.25) is 0 Å². The summed E-state index contributed by atoms with van der Waals surface area (Å²) in [5.74, 6) is 0.510. The van der Waals surface area contributed by atoms with E-state index >= 15 is 0 Å². The van der Waals surface area contributed by atoms with Crippen molar-refractivity contribution >= 4 is 27.3 Å². The van der Waals surface area contributed by atoms with Crippen LogP contribution in [-0.4, -0.2) is 12.2 Å². The first-order valence-electron chi connectivity index (χ1n) is 4.99. The molecule has 90 valence electrons. The predicted octanol–water partition coefficient (Wildman–Crippen LogP) is 3.27. The van der Waals surface area contributed by atoms with Gasteiger partial charge in [-0.25, -0.2) is 0 Å². The predicted molar refractivity (Wildman–Crippen MR) is 72.7 cm³/mol. The van der Waals surface area contributed by atoms with Gasteiger partial charge in [-0.1, -0.05) is 6.07 Å². The van der Waals surface area contributed by atoms with Crippen molar-refractivity contribution in [3.63, 3.8) is 0 Å². The van der Waals surface area contributed by atoms with E-state index in [2.05, 4.69) is 15.9 Å². The fourth-order valence-electron chi connectivity index (χ4n) is 1.56. The van der Waals surface area contributed by atoms with E-state index in [9.17, 15) is 5.11 Å². The fourth-order valence-corrected chi connectivity index (χ4v) is 2.78. The largest absolute Gasteiger partial charge is 0.503 e. The van der Waals surface area contributed by atoms with E-state index in [-0.39, 0.29) is 11.8 Å². The molecule has 0 spiro atoms. The quantitative estimate of drug-likeness (QED) is 0.914. The van der Waals surface area contributed by atoms with Crippen molar-refractivity contribution in [3.05, 3.63) is 44.6 Å². The van der Waals surface area contributed by atoms with Crippen molar-refractivity contribution in [3.8, 4) is 11.5 Å². The minimum atomic E-state index is -0.208. The molecule has 0 saturated heterocycles. The monoisotopic (exact) mass is 313 g/mol. The Bertz CT molecular complexity index is 513. The maximum absolute atomic E-state index is 9.72. The Morgan fingerprint density at radius 2 is 2.24 bits per heavy atom. The highest BCUT2D eigenvalue weighted by Crippen LogP contribution is 2.38. The third kappa shape index (κ3) is 2.46. The zero-order valence-electron chi connectivity index (χ0n) is 9.18. The molecule has 2 aromatic rings. The summed E-state index contributed by atoms with van der Waals surface area (Å²) in [4.78, 5) is 1.07. The topological polar surface area (TPSA) is 55.5 Å². The van der Waals surface area contributed by atoms with Gasteiger partial charge in [0.1, 0.15) is 0 Å². The van der Waals surface area contributed by atoms with E-state index < -0.39 is 0 Å². The lowest BCUT2D eigenvalue weighted by atomic mass is 10.1. The number of hydrogen-bond donors (Lipinski definition) is 2. The van der Waals surface area contributed by atoms with E-state index in [1.54, 1.807) is 17.4 Å². The second-order valence-electron chi connectivity index (χ2n) is 3.55. The first kappa shape index (κ1) is 12.4. The summed E-state index contributed by atoms with van der Waals surface area (Å²) in [6.07, 6.45) is 0. The molecule has 1 aromatic carbocycles. The molecule has 1 heterocycles. The van der Waals surface area contributed by atoms with E-state index in [4.69, 9.17) is 10.5 Å². The van der Waals surface area contributed by atoms with E-state index in [0.717, 1.165) is 10.4 Å². The Morgan fingerprint density at radius 1 is 1.47 bits per heavy atom. The molecule has 17 heavy (non-hydrogen) atoms. The van der Waals surface area contributed by atoms with E-state index in [0.29, 0.717) is 10.2 Å². The summed E-state index contributed by atoms with van der Waals surface area (Å²) in [6, 6.07) is 7.31. The van der Waals surface area contributed by atoms with Crippen molar-refractivity contribution in [1.29, 1.82) is 0 Å². The highest BCUT2D eigenvalue weighted by molar-refractivity contribution is 9.10. The average Bonchev–Trinajstić information content (AvgIpc) is 2.85. The van der Waals surface area contributed by atoms with Crippen LogP contribution in [-0.2, 0) is 0 Å². The van der Waals surface area contributed by atoms with Gasteiger partial charge < -0.3 is 15.6 Å². The number of aromatic hydroxyl groups is 1. The summed E-state index contributed by atoms with van der Waals surface area (Å²) in [6.45, 7) is 0. The minimum absolute atomic E-state index is 0.0922. The maximum atomic E-state index is 9.72. The zero-order chi connectivity index (χ0) is 12.4. The first-order chi connectivity index (χ1) is 8.13. The maximum Gasteiger partial charge on any atom is 0.172 e. The molecule has 0 bridgehead atoms. The van der Waals surface area contributed by atoms with Crippen LogP contribution in [0, 0.1) is 0 Å². The van der Waals surface area contributed by atoms with Gasteiger partial charge in [-0.3, -0.25) is 0 Å². The SMILES string of the molecule is COc1cc([C@H](N)c2cccs2)cc(Br)c1O. The second kappa shape index (κ2) is 5.08. The molecule has 3 N–H and O–H groups in total. The van der Waals surface area contributed by atoms with Crippen molar-refractivity contribution in [2.45, 2.75) is 6.04 Å². The van der Waals surface area contributed by atoms with Crippen LogP contribution in [0.1, 0.15) is 16.5 Å². The van der Waals surface area contributed by atoms with Crippen LogP contribution >= 0.6 is 27.3 Å². The van der Waals surface area contributed by atoms with Gasteiger partial charge in [0, 0.05) is 4.88 Å². The lowest BCUT2D eigenvalue weighted by Crippen LogP contribution is -2.10. The summed E-state index contributed by atoms with van der Waals surface area (Å²) in [5, 5.41) is 11.7. The van der Waals surface area contributed by atoms with Crippen LogP contribution < -0.4 is 10.5 Å². The molecule has 0 saturated carbocycles. The smallest absolute Gasteiger partial charge is 0.172 e. The number of benzene rings is 1. The molecule has 1 aromatic heterocycles. The van der Waals surface area contributed by atoms with Crippen molar-refractivity contribution in [2.24, 2.45) is 5.73 Å². The molecular weight excluding hydrogens is 302 g/mol. The molecule has 2 rings (SSSR count). The summed E-state index contributed by atoms with van der Waals surface area (Å²) >= 11 is 4.89. The zero-order valence-corrected chi connectivity index (χ0v) is 11.6. The number of methoxy groups -OCH3 is 1. The van der Waals surface area contributed by atoms with Crippen LogP contribution in [0.4, 0.5) is 0 Å². The number of nitrogens with two attached hydrogens (primary N) is 1. The molecule has 1 atom stereocenters. The molecule has 0 aliphatic heterocycles. The minimum Gasteiger partial charge on any atom is -0.503 e. The Hall–Kier alpha value is -1.04. The van der Waals surface area contributed by atoms with Gasteiger partial charge in [0.25, 0.3) is 0 Å². The number of ether oxygens (including phenoxy) is 1. The van der Waals surface area contributed by atoms with Gasteiger partial charge in [-0.15, -0.1) is 11.3 Å². The Labute approximate surface area is 112 Å². The van der Waals surface area contributed by atoms with Crippen molar-refractivity contribution in [2.75, 3.05) is 7.11 Å². The number of rotatable bonds is 3. The van der Waals surface area contributed by atoms with Crippen LogP contribution in [0.25, 0.3) is 0 Å². The van der Waals surface area contributed by atoms with Crippen molar-refractivity contribution < 1.29 is 9.84 Å². The van der Waals surface area contributed by atoms with Crippen LogP contribution in [0.5, 0.6) is 11.5 Å². The summed E-state index contributed by atoms with van der Waals surface area (Å²) in [5.41, 5.74) is 7.05. The van der Waals surface area contributed by atoms with E-state index in [1.807, 2.05) is 23.6 Å². The van der Waals surface area contributed by atoms with Gasteiger partial charge in [-0.2, -0.15) is 0 Å². The molecule has 0 fully saturated rings. The summed E-state index contributed by atoms with van der Waals surface area (Å²) in [7, 11) is 1.52. The van der Waals surface area contributed by atoms with E-state index in [1.165, 1.54) is 7.11 Å². The Morgan fingerprint density at radius 3 is 2.82 bits per heavy atom. The third-order valence-electron chi connectivity index (χ3n) is 2.48. The highest BCUT2D eigenvalue weighted by Gasteiger charge is 2.15. The standard InChI is InChI=1S/C12H12BrNO2S/c1-16-9-6-7(5-8(13)12(9)15)11(14)10-3-2-4-17-10/h2-6,11,15H,14H2,1H3/t11-/m0/s1. The molecule has 0 unspecified atom stereocenters. The van der Waals surface area contributed by atoms with Gasteiger partial charge in [0.05, 0.1) is 17.6 Å². The van der Waals surface area contributed by atoms with Gasteiger partial charge in [-0.05, 0) is 45.1 Å². The summed E-state index contributed by atoms with van der Waals surface area (Å²) < 4.78 is 5.68. The highest BCUT2D eigenvalue weighted by atomic mass is 79.9. The number of halogens is 1. The molecule has 0 aliphatic carbocycles. The van der Waals surface area contributed by atoms with Crippen LogP contribution in [0.15, 0.2) is 34.1 Å². The Kier molecular flexibility index (Phi) is 3.71. The molecule has 5 heteroatoms.